The molecule has 4 aromatic rings. The average molecular weight is 458 g/mol. The molecule has 0 saturated heterocycles. The molecule has 31 heavy (non-hydrogen) atoms. The number of aryl methyl sites for hydroxylation is 1. The average Bonchev–Trinajstić information content (AvgIpc) is 3.24. The molecule has 0 saturated carbocycles. The van der Waals surface area contributed by atoms with Gasteiger partial charge in [0.15, 0.2) is 5.16 Å². The molecule has 0 atom stereocenters. The number of para-hydroxylation sites is 1. The Kier molecular flexibility index (Phi) is 6.43. The minimum Gasteiger partial charge on any atom is -0.325 e. The number of nitrogens with zero attached hydrogens (tertiary/aromatic N) is 2. The Hall–Kier alpha value is -3.04. The van der Waals surface area contributed by atoms with E-state index in [0.717, 1.165) is 34.8 Å². The van der Waals surface area contributed by atoms with Gasteiger partial charge in [0.25, 0.3) is 5.56 Å². The summed E-state index contributed by atoms with van der Waals surface area (Å²) in [7, 11) is 0. The van der Waals surface area contributed by atoms with E-state index in [0.29, 0.717) is 29.0 Å². The maximum atomic E-state index is 13.3. The van der Waals surface area contributed by atoms with Crippen LogP contribution >= 0.6 is 23.1 Å². The summed E-state index contributed by atoms with van der Waals surface area (Å²) < 4.78 is 28.2. The quantitative estimate of drug-likeness (QED) is 0.323. The number of hydrogen-bond donors (Lipinski definition) is 1. The number of carbonyl (C=O) groups excluding carboxylic acids is 1. The van der Waals surface area contributed by atoms with E-state index in [9.17, 15) is 18.4 Å². The van der Waals surface area contributed by atoms with Crippen molar-refractivity contribution in [2.45, 2.75) is 18.1 Å². The molecule has 0 radical (unpaired) electrons. The first-order chi connectivity index (χ1) is 15.0. The fourth-order valence-electron chi connectivity index (χ4n) is 3.09. The van der Waals surface area contributed by atoms with Crippen molar-refractivity contribution in [3.05, 3.63) is 86.8 Å². The second-order valence-corrected chi connectivity index (χ2v) is 8.67. The van der Waals surface area contributed by atoms with Crippen LogP contribution in [0, 0.1) is 11.6 Å². The summed E-state index contributed by atoms with van der Waals surface area (Å²) >= 11 is 2.72. The van der Waals surface area contributed by atoms with Gasteiger partial charge in [0.2, 0.25) is 5.91 Å². The molecule has 0 fully saturated rings. The van der Waals surface area contributed by atoms with Gasteiger partial charge in [0.05, 0.1) is 16.7 Å². The largest absolute Gasteiger partial charge is 0.325 e. The molecule has 2 heterocycles. The van der Waals surface area contributed by atoms with Crippen molar-refractivity contribution >= 4 is 45.6 Å². The minimum absolute atomic E-state index is 0.0321. The van der Waals surface area contributed by atoms with Crippen LogP contribution in [0.4, 0.5) is 14.5 Å². The Morgan fingerprint density at radius 1 is 1.10 bits per heavy atom. The number of rotatable bonds is 7. The van der Waals surface area contributed by atoms with Gasteiger partial charge in [0.1, 0.15) is 11.6 Å². The number of anilines is 1. The lowest BCUT2D eigenvalue weighted by Gasteiger charge is -2.13. The van der Waals surface area contributed by atoms with Crippen LogP contribution in [0.15, 0.2) is 69.9 Å². The second kappa shape index (κ2) is 9.40. The van der Waals surface area contributed by atoms with Crippen LogP contribution in [0.3, 0.4) is 0 Å². The molecular weight excluding hydrogens is 440 g/mol. The summed E-state index contributed by atoms with van der Waals surface area (Å²) in [5.74, 6) is -2.08. The van der Waals surface area contributed by atoms with Gasteiger partial charge in [-0.1, -0.05) is 30.0 Å². The van der Waals surface area contributed by atoms with Gasteiger partial charge in [-0.25, -0.2) is 13.8 Å². The summed E-state index contributed by atoms with van der Waals surface area (Å²) in [5.41, 5.74) is 0.414. The fourth-order valence-corrected chi connectivity index (χ4v) is 4.61. The zero-order valence-corrected chi connectivity index (χ0v) is 17.8. The Morgan fingerprint density at radius 3 is 2.61 bits per heavy atom. The number of thioether (sulfide) groups is 1. The molecule has 4 rings (SSSR count). The van der Waals surface area contributed by atoms with Gasteiger partial charge < -0.3 is 5.32 Å². The maximum absolute atomic E-state index is 13.3. The molecule has 2 aromatic carbocycles. The third kappa shape index (κ3) is 5.18. The highest BCUT2D eigenvalue weighted by atomic mass is 32.2. The SMILES string of the molecule is O=C(CSc1nc2ccccc2c(=O)n1CCc1cccs1)Nc1cc(F)cc(F)c1. The van der Waals surface area contributed by atoms with Gasteiger partial charge in [-0.05, 0) is 42.1 Å². The number of carbonyl (C=O) groups is 1. The molecular formula is C22H17F2N3O2S2. The predicted octanol–water partition coefficient (Wildman–Crippen LogP) is 4.71. The summed E-state index contributed by atoms with van der Waals surface area (Å²) in [5, 5.41) is 5.37. The van der Waals surface area contributed by atoms with Crippen molar-refractivity contribution in [1.82, 2.24) is 9.55 Å². The lowest BCUT2D eigenvalue weighted by molar-refractivity contribution is -0.113. The van der Waals surface area contributed by atoms with E-state index in [-0.39, 0.29) is 17.0 Å². The summed E-state index contributed by atoms with van der Waals surface area (Å²) in [6.07, 6.45) is 0.667. The van der Waals surface area contributed by atoms with Crippen molar-refractivity contribution in [3.63, 3.8) is 0 Å². The van der Waals surface area contributed by atoms with Gasteiger partial charge >= 0.3 is 0 Å². The van der Waals surface area contributed by atoms with E-state index >= 15 is 0 Å². The Bertz CT molecular complexity index is 1270. The normalized spacial score (nSPS) is 11.0. The molecule has 0 aliphatic rings. The number of fused-ring (bicyclic) bond motifs is 1. The van der Waals surface area contributed by atoms with Crippen molar-refractivity contribution < 1.29 is 13.6 Å². The number of hydrogen-bond acceptors (Lipinski definition) is 5. The third-order valence-corrected chi connectivity index (χ3v) is 6.38. The van der Waals surface area contributed by atoms with E-state index in [1.165, 1.54) is 0 Å². The lowest BCUT2D eigenvalue weighted by Crippen LogP contribution is -2.25. The molecule has 5 nitrogen and oxygen atoms in total. The standard InChI is InChI=1S/C22H17F2N3O2S2/c23-14-10-15(24)12-16(11-14)25-20(28)13-31-22-26-19-6-2-1-5-18(19)21(29)27(22)8-7-17-4-3-9-30-17/h1-6,9-12H,7-8,13H2,(H,25,28). The van der Waals surface area contributed by atoms with Crippen molar-refractivity contribution in [2.24, 2.45) is 0 Å². The molecule has 0 aliphatic carbocycles. The smallest absolute Gasteiger partial charge is 0.262 e. The summed E-state index contributed by atoms with van der Waals surface area (Å²) in [4.78, 5) is 31.1. The third-order valence-electron chi connectivity index (χ3n) is 4.47. The van der Waals surface area contributed by atoms with E-state index in [4.69, 9.17) is 0 Å². The van der Waals surface area contributed by atoms with Crippen molar-refractivity contribution in [3.8, 4) is 0 Å². The van der Waals surface area contributed by atoms with E-state index < -0.39 is 17.5 Å². The zero-order chi connectivity index (χ0) is 21.8. The molecule has 1 amide bonds. The van der Waals surface area contributed by atoms with Gasteiger partial charge in [0, 0.05) is 23.2 Å². The number of benzene rings is 2. The number of aromatic nitrogens is 2. The number of nitrogens with one attached hydrogen (secondary N) is 1. The topological polar surface area (TPSA) is 64.0 Å². The van der Waals surface area contributed by atoms with Gasteiger partial charge in [-0.2, -0.15) is 0 Å². The Labute approximate surface area is 184 Å². The molecule has 0 aliphatic heterocycles. The first-order valence-corrected chi connectivity index (χ1v) is 11.3. The van der Waals surface area contributed by atoms with Gasteiger partial charge in [-0.3, -0.25) is 14.2 Å². The molecule has 9 heteroatoms. The molecule has 0 bridgehead atoms. The lowest BCUT2D eigenvalue weighted by atomic mass is 10.2. The summed E-state index contributed by atoms with van der Waals surface area (Å²) in [6, 6.07) is 13.8. The molecule has 2 aromatic heterocycles. The van der Waals surface area contributed by atoms with E-state index in [2.05, 4.69) is 10.3 Å². The highest BCUT2D eigenvalue weighted by molar-refractivity contribution is 7.99. The van der Waals surface area contributed by atoms with E-state index in [1.54, 1.807) is 40.2 Å². The van der Waals surface area contributed by atoms with Crippen LogP contribution < -0.4 is 10.9 Å². The van der Waals surface area contributed by atoms with Crippen LogP contribution in [-0.4, -0.2) is 21.2 Å². The van der Waals surface area contributed by atoms with Crippen molar-refractivity contribution in [2.75, 3.05) is 11.1 Å². The number of amides is 1. The minimum atomic E-state index is -0.776. The Balaban J connectivity index is 1.55. The monoisotopic (exact) mass is 457 g/mol. The number of halogens is 2. The van der Waals surface area contributed by atoms with Crippen LogP contribution in [0.2, 0.25) is 0 Å². The predicted molar refractivity (Wildman–Crippen MR) is 120 cm³/mol. The first-order valence-electron chi connectivity index (χ1n) is 9.40. The van der Waals surface area contributed by atoms with Crippen LogP contribution in [0.25, 0.3) is 10.9 Å². The highest BCUT2D eigenvalue weighted by Crippen LogP contribution is 2.20. The highest BCUT2D eigenvalue weighted by Gasteiger charge is 2.14. The second-order valence-electron chi connectivity index (χ2n) is 6.69. The van der Waals surface area contributed by atoms with Gasteiger partial charge in [-0.15, -0.1) is 11.3 Å². The molecule has 0 spiro atoms. The van der Waals surface area contributed by atoms with Crippen LogP contribution in [-0.2, 0) is 17.8 Å². The molecule has 0 unspecified atom stereocenters. The first kappa shape index (κ1) is 21.2. The zero-order valence-electron chi connectivity index (χ0n) is 16.2. The summed E-state index contributed by atoms with van der Waals surface area (Å²) in [6.45, 7) is 0.427. The number of thiophene rings is 1. The van der Waals surface area contributed by atoms with E-state index in [1.807, 2.05) is 17.5 Å². The van der Waals surface area contributed by atoms with Crippen molar-refractivity contribution in [1.29, 1.82) is 0 Å². The maximum Gasteiger partial charge on any atom is 0.262 e. The Morgan fingerprint density at radius 2 is 1.87 bits per heavy atom. The fraction of sp³-hybridized carbons (Fsp3) is 0.136. The van der Waals surface area contributed by atoms with Crippen LogP contribution in [0.1, 0.15) is 4.88 Å². The van der Waals surface area contributed by atoms with Crippen LogP contribution in [0.5, 0.6) is 0 Å². The molecule has 1 N–H and O–H groups in total. The molecule has 158 valence electrons.